The van der Waals surface area contributed by atoms with Crippen LogP contribution in [0.15, 0.2) is 54.7 Å². The van der Waals surface area contributed by atoms with E-state index in [-0.39, 0.29) is 17.2 Å². The first-order valence-corrected chi connectivity index (χ1v) is 15.3. The number of nitrogens with zero attached hydrogens (tertiary/aromatic N) is 1. The molecule has 1 aromatic heterocycles. The van der Waals surface area contributed by atoms with Crippen LogP contribution in [0.2, 0.25) is 18.1 Å². The summed E-state index contributed by atoms with van der Waals surface area (Å²) in [4.78, 5) is 4.60. The molecule has 0 spiro atoms. The topological polar surface area (TPSA) is 66.4 Å². The standard InChI is InChI=1S/C25H40N2O3SSi/c1-24(2,3)31(28)27-22(19-29-18-20-14-10-9-11-15-20)23(21-16-12-13-17-26-21)30-32(7,8)25(4,5)6/h9-17,22-23,27H,18-19H2,1-8H3/t22-,23-,31?/m0/s1. The van der Waals surface area contributed by atoms with E-state index in [1.165, 1.54) is 0 Å². The SMILES string of the molecule is CC(C)(C)[S+]([O-])N[C@@H](COCc1ccccc1)[C@@H](O[Si](C)(C)C(C)(C)C)c1ccccn1. The molecule has 5 nitrogen and oxygen atoms in total. The largest absolute Gasteiger partial charge is 0.598 e. The lowest BCUT2D eigenvalue weighted by molar-refractivity contribution is 0.0515. The zero-order valence-corrected chi connectivity index (χ0v) is 22.7. The maximum Gasteiger partial charge on any atom is 0.193 e. The third-order valence-corrected chi connectivity index (χ3v) is 11.9. The number of aromatic nitrogens is 1. The molecular formula is C25H40N2O3SSi. The van der Waals surface area contributed by atoms with Crippen LogP contribution in [0.3, 0.4) is 0 Å². The lowest BCUT2D eigenvalue weighted by Crippen LogP contribution is -2.52. The number of ether oxygens (including phenoxy) is 1. The summed E-state index contributed by atoms with van der Waals surface area (Å²) in [6.07, 6.45) is 1.40. The fourth-order valence-corrected chi connectivity index (χ4v) is 4.86. The van der Waals surface area contributed by atoms with E-state index < -0.39 is 24.4 Å². The van der Waals surface area contributed by atoms with Crippen molar-refractivity contribution >= 4 is 19.7 Å². The van der Waals surface area contributed by atoms with E-state index in [0.717, 1.165) is 11.3 Å². The van der Waals surface area contributed by atoms with Crippen molar-refractivity contribution in [2.45, 2.75) is 83.2 Å². The summed E-state index contributed by atoms with van der Waals surface area (Å²) in [5.74, 6) is 0. The molecule has 0 radical (unpaired) electrons. The van der Waals surface area contributed by atoms with E-state index >= 15 is 0 Å². The molecule has 1 unspecified atom stereocenters. The molecular weight excluding hydrogens is 436 g/mol. The minimum atomic E-state index is -2.15. The first kappa shape index (κ1) is 27.0. The predicted molar refractivity (Wildman–Crippen MR) is 136 cm³/mol. The van der Waals surface area contributed by atoms with Crippen LogP contribution in [0.25, 0.3) is 0 Å². The number of hydrogen-bond acceptors (Lipinski definition) is 5. The average molecular weight is 477 g/mol. The summed E-state index contributed by atoms with van der Waals surface area (Å²) >= 11 is -1.28. The van der Waals surface area contributed by atoms with Gasteiger partial charge in [-0.2, -0.15) is 0 Å². The summed E-state index contributed by atoms with van der Waals surface area (Å²) in [6, 6.07) is 15.6. The Balaban J connectivity index is 2.33. The van der Waals surface area contributed by atoms with E-state index in [0.29, 0.717) is 13.2 Å². The van der Waals surface area contributed by atoms with Gasteiger partial charge in [0.25, 0.3) is 0 Å². The number of pyridine rings is 1. The fraction of sp³-hybridized carbons (Fsp3) is 0.560. The van der Waals surface area contributed by atoms with Gasteiger partial charge in [-0.15, -0.1) is 4.72 Å². The maximum absolute atomic E-state index is 13.1. The molecule has 0 bridgehead atoms. The Morgan fingerprint density at radius 3 is 2.16 bits per heavy atom. The Bertz CT molecular complexity index is 807. The molecule has 0 saturated heterocycles. The van der Waals surface area contributed by atoms with Crippen LogP contribution in [0, 0.1) is 0 Å². The van der Waals surface area contributed by atoms with E-state index in [1.54, 1.807) is 6.20 Å². The quantitative estimate of drug-likeness (QED) is 0.348. The van der Waals surface area contributed by atoms with Crippen molar-refractivity contribution in [2.75, 3.05) is 6.61 Å². The first-order chi connectivity index (χ1) is 14.8. The summed E-state index contributed by atoms with van der Waals surface area (Å²) in [6.45, 7) is 17.8. The molecule has 0 aliphatic carbocycles. The molecule has 0 amide bonds. The predicted octanol–water partition coefficient (Wildman–Crippen LogP) is 5.78. The van der Waals surface area contributed by atoms with Gasteiger partial charge in [-0.05, 0) is 56.6 Å². The monoisotopic (exact) mass is 476 g/mol. The molecule has 0 aliphatic heterocycles. The molecule has 32 heavy (non-hydrogen) atoms. The van der Waals surface area contributed by atoms with Crippen LogP contribution in [0.5, 0.6) is 0 Å². The van der Waals surface area contributed by atoms with Gasteiger partial charge < -0.3 is 13.7 Å². The van der Waals surface area contributed by atoms with Crippen LogP contribution in [0.4, 0.5) is 0 Å². The summed E-state index contributed by atoms with van der Waals surface area (Å²) in [7, 11) is -2.15. The van der Waals surface area contributed by atoms with Crippen LogP contribution in [-0.4, -0.2) is 35.2 Å². The third kappa shape index (κ3) is 7.97. The van der Waals surface area contributed by atoms with Gasteiger partial charge in [0.1, 0.15) is 16.9 Å². The molecule has 178 valence electrons. The van der Waals surface area contributed by atoms with Gasteiger partial charge in [0.15, 0.2) is 8.32 Å². The van der Waals surface area contributed by atoms with E-state index in [4.69, 9.17) is 9.16 Å². The Kier molecular flexibility index (Phi) is 9.52. The molecule has 0 fully saturated rings. The van der Waals surface area contributed by atoms with Gasteiger partial charge in [0.05, 0.1) is 18.9 Å². The number of nitrogens with one attached hydrogen (secondary N) is 1. The molecule has 1 aromatic carbocycles. The van der Waals surface area contributed by atoms with Gasteiger partial charge in [-0.25, -0.2) is 0 Å². The van der Waals surface area contributed by atoms with Crippen molar-refractivity contribution < 1.29 is 13.7 Å². The van der Waals surface area contributed by atoms with Crippen LogP contribution < -0.4 is 4.72 Å². The van der Waals surface area contributed by atoms with Crippen LogP contribution >= 0.6 is 0 Å². The van der Waals surface area contributed by atoms with Crippen molar-refractivity contribution in [2.24, 2.45) is 0 Å². The zero-order chi connectivity index (χ0) is 24.0. The summed E-state index contributed by atoms with van der Waals surface area (Å²) in [5, 5.41) is 0.0264. The maximum atomic E-state index is 13.1. The second-order valence-corrected chi connectivity index (χ2v) is 17.4. The second-order valence-electron chi connectivity index (χ2n) is 10.7. The van der Waals surface area contributed by atoms with E-state index in [9.17, 15) is 4.55 Å². The summed E-state index contributed by atoms with van der Waals surface area (Å²) < 4.78 is 29.0. The molecule has 7 heteroatoms. The Labute approximate surface area is 198 Å². The number of rotatable bonds is 10. The van der Waals surface area contributed by atoms with Crippen molar-refractivity contribution in [1.29, 1.82) is 0 Å². The normalized spacial score (nSPS) is 15.9. The second kappa shape index (κ2) is 11.3. The van der Waals surface area contributed by atoms with E-state index in [1.807, 2.05) is 69.3 Å². The average Bonchev–Trinajstić information content (AvgIpc) is 2.71. The highest BCUT2D eigenvalue weighted by Gasteiger charge is 2.43. The molecule has 0 saturated carbocycles. The lowest BCUT2D eigenvalue weighted by atomic mass is 10.1. The summed E-state index contributed by atoms with van der Waals surface area (Å²) in [5.41, 5.74) is 1.92. The number of benzene rings is 1. The Hall–Kier alpha value is -1.22. The first-order valence-electron chi connectivity index (χ1n) is 11.2. The van der Waals surface area contributed by atoms with Crippen molar-refractivity contribution in [1.82, 2.24) is 9.71 Å². The highest BCUT2D eigenvalue weighted by molar-refractivity contribution is 7.90. The van der Waals surface area contributed by atoms with Gasteiger partial charge in [0, 0.05) is 17.6 Å². The lowest BCUT2D eigenvalue weighted by Gasteiger charge is -2.41. The van der Waals surface area contributed by atoms with Crippen LogP contribution in [0.1, 0.15) is 58.9 Å². The molecule has 0 aliphatic rings. The molecule has 1 heterocycles. The minimum absolute atomic E-state index is 0.0264. The van der Waals surface area contributed by atoms with E-state index in [2.05, 4.69) is 43.6 Å². The molecule has 2 rings (SSSR count). The molecule has 2 aromatic rings. The molecule has 1 N–H and O–H groups in total. The van der Waals surface area contributed by atoms with Gasteiger partial charge in [0.2, 0.25) is 0 Å². The highest BCUT2D eigenvalue weighted by Crippen LogP contribution is 2.40. The van der Waals surface area contributed by atoms with Crippen molar-refractivity contribution in [3.8, 4) is 0 Å². The minimum Gasteiger partial charge on any atom is -0.598 e. The zero-order valence-electron chi connectivity index (χ0n) is 20.8. The van der Waals surface area contributed by atoms with Gasteiger partial charge in [-0.3, -0.25) is 4.98 Å². The highest BCUT2D eigenvalue weighted by atomic mass is 32.2. The van der Waals surface area contributed by atoms with Crippen molar-refractivity contribution in [3.63, 3.8) is 0 Å². The third-order valence-electron chi connectivity index (χ3n) is 5.80. The van der Waals surface area contributed by atoms with Crippen LogP contribution in [-0.2, 0) is 27.1 Å². The Morgan fingerprint density at radius 2 is 1.62 bits per heavy atom. The van der Waals surface area contributed by atoms with Gasteiger partial charge >= 0.3 is 0 Å². The Morgan fingerprint density at radius 1 is 1.00 bits per heavy atom. The smallest absolute Gasteiger partial charge is 0.193 e. The van der Waals surface area contributed by atoms with Crippen molar-refractivity contribution in [3.05, 3.63) is 66.0 Å². The number of hydrogen-bond donors (Lipinski definition) is 1. The molecule has 3 atom stereocenters. The van der Waals surface area contributed by atoms with Gasteiger partial charge in [-0.1, -0.05) is 57.2 Å². The fourth-order valence-electron chi connectivity index (χ4n) is 2.76.